The molecule has 0 saturated carbocycles. The molecule has 1 aromatic heterocycles. The predicted octanol–water partition coefficient (Wildman–Crippen LogP) is -0.134. The van der Waals surface area contributed by atoms with E-state index in [1.54, 1.807) is 11.8 Å². The smallest absolute Gasteiger partial charge is 0.256 e. The van der Waals surface area contributed by atoms with E-state index in [1.807, 2.05) is 0 Å². The third kappa shape index (κ3) is 2.49. The van der Waals surface area contributed by atoms with E-state index in [1.165, 1.54) is 0 Å². The molecule has 3 N–H and O–H groups in total. The minimum absolute atomic E-state index is 0.0713. The Hall–Kier alpha value is -0.630. The fourth-order valence-electron chi connectivity index (χ4n) is 1.25. The average molecular weight is 231 g/mol. The van der Waals surface area contributed by atoms with Crippen molar-refractivity contribution in [3.8, 4) is 0 Å². The van der Waals surface area contributed by atoms with E-state index in [0.29, 0.717) is 12.4 Å². The summed E-state index contributed by atoms with van der Waals surface area (Å²) in [6, 6.07) is 0. The summed E-state index contributed by atoms with van der Waals surface area (Å²) in [7, 11) is 0. The highest BCUT2D eigenvalue weighted by atomic mass is 32.2. The fourth-order valence-corrected chi connectivity index (χ4v) is 2.09. The lowest BCUT2D eigenvalue weighted by atomic mass is 10.3. The van der Waals surface area contributed by atoms with Gasteiger partial charge in [-0.1, -0.05) is 5.16 Å². The van der Waals surface area contributed by atoms with E-state index in [-0.39, 0.29) is 18.5 Å². The summed E-state index contributed by atoms with van der Waals surface area (Å²) in [6.45, 7) is 0.764. The monoisotopic (exact) mass is 231 g/mol. The summed E-state index contributed by atoms with van der Waals surface area (Å²) in [5, 5.41) is 13.1. The Kier molecular flexibility index (Phi) is 3.57. The molecule has 7 heteroatoms. The van der Waals surface area contributed by atoms with Crippen LogP contribution in [0.1, 0.15) is 23.9 Å². The minimum Gasteiger partial charge on any atom is -0.382 e. The Balaban J connectivity index is 2.05. The SMILES string of the molecule is NC[C@H](O)c1nc(C2CSCCO2)no1. The summed E-state index contributed by atoms with van der Waals surface area (Å²) >= 11 is 1.79. The first kappa shape index (κ1) is 10.9. The van der Waals surface area contributed by atoms with Gasteiger partial charge in [-0.05, 0) is 0 Å². The maximum Gasteiger partial charge on any atom is 0.256 e. The lowest BCUT2D eigenvalue weighted by Gasteiger charge is -2.18. The third-order valence-electron chi connectivity index (χ3n) is 2.07. The molecular formula is C8H13N3O3S. The van der Waals surface area contributed by atoms with Crippen LogP contribution in [-0.2, 0) is 4.74 Å². The molecule has 1 aliphatic heterocycles. The number of rotatable bonds is 3. The van der Waals surface area contributed by atoms with Crippen LogP contribution < -0.4 is 5.73 Å². The number of ether oxygens (including phenoxy) is 1. The molecule has 0 radical (unpaired) electrons. The van der Waals surface area contributed by atoms with Crippen molar-refractivity contribution in [3.05, 3.63) is 11.7 Å². The standard InChI is InChI=1S/C8H13N3O3S/c9-3-5(12)8-10-7(11-14-8)6-4-15-2-1-13-6/h5-6,12H,1-4,9H2/t5-,6?/m0/s1. The van der Waals surface area contributed by atoms with Crippen molar-refractivity contribution in [1.82, 2.24) is 10.1 Å². The van der Waals surface area contributed by atoms with Crippen LogP contribution in [0, 0.1) is 0 Å². The third-order valence-corrected chi connectivity index (χ3v) is 3.06. The van der Waals surface area contributed by atoms with Gasteiger partial charge in [0.1, 0.15) is 12.2 Å². The normalized spacial score (nSPS) is 24.0. The quantitative estimate of drug-likeness (QED) is 0.748. The van der Waals surface area contributed by atoms with Crippen molar-refractivity contribution in [2.75, 3.05) is 24.7 Å². The van der Waals surface area contributed by atoms with Crippen molar-refractivity contribution >= 4 is 11.8 Å². The van der Waals surface area contributed by atoms with Crippen LogP contribution >= 0.6 is 11.8 Å². The molecule has 0 spiro atoms. The molecule has 2 atom stereocenters. The number of aromatic nitrogens is 2. The van der Waals surface area contributed by atoms with Gasteiger partial charge in [0.15, 0.2) is 0 Å². The zero-order valence-electron chi connectivity index (χ0n) is 8.13. The van der Waals surface area contributed by atoms with E-state index in [4.69, 9.17) is 15.0 Å². The van der Waals surface area contributed by atoms with Gasteiger partial charge in [-0.3, -0.25) is 0 Å². The first-order chi connectivity index (χ1) is 7.31. The largest absolute Gasteiger partial charge is 0.382 e. The highest BCUT2D eigenvalue weighted by Gasteiger charge is 2.23. The zero-order chi connectivity index (χ0) is 10.7. The molecule has 1 aliphatic rings. The maximum atomic E-state index is 9.37. The first-order valence-corrected chi connectivity index (χ1v) is 5.87. The number of aliphatic hydroxyl groups is 1. The maximum absolute atomic E-state index is 9.37. The molecule has 0 amide bonds. The Morgan fingerprint density at radius 1 is 1.67 bits per heavy atom. The van der Waals surface area contributed by atoms with Crippen molar-refractivity contribution in [2.45, 2.75) is 12.2 Å². The Morgan fingerprint density at radius 3 is 3.20 bits per heavy atom. The number of hydrogen-bond acceptors (Lipinski definition) is 7. The number of nitrogens with zero attached hydrogens (tertiary/aromatic N) is 2. The first-order valence-electron chi connectivity index (χ1n) is 4.72. The molecular weight excluding hydrogens is 218 g/mol. The second kappa shape index (κ2) is 4.93. The lowest BCUT2D eigenvalue weighted by Crippen LogP contribution is -2.17. The van der Waals surface area contributed by atoms with E-state index >= 15 is 0 Å². The summed E-state index contributed by atoms with van der Waals surface area (Å²) in [5.41, 5.74) is 5.28. The number of nitrogens with two attached hydrogens (primary N) is 1. The summed E-state index contributed by atoms with van der Waals surface area (Å²) in [5.74, 6) is 2.46. The number of hydrogen-bond donors (Lipinski definition) is 2. The molecule has 0 bridgehead atoms. The van der Waals surface area contributed by atoms with Gasteiger partial charge in [0.25, 0.3) is 5.89 Å². The summed E-state index contributed by atoms with van der Waals surface area (Å²) < 4.78 is 10.4. The molecule has 1 aromatic rings. The van der Waals surface area contributed by atoms with Crippen LogP contribution in [0.15, 0.2) is 4.52 Å². The van der Waals surface area contributed by atoms with Crippen LogP contribution in [0.4, 0.5) is 0 Å². The van der Waals surface area contributed by atoms with E-state index < -0.39 is 6.10 Å². The van der Waals surface area contributed by atoms with Crippen molar-refractivity contribution in [2.24, 2.45) is 5.73 Å². The highest BCUT2D eigenvalue weighted by molar-refractivity contribution is 7.99. The van der Waals surface area contributed by atoms with E-state index in [2.05, 4.69) is 10.1 Å². The van der Waals surface area contributed by atoms with Gasteiger partial charge in [0.2, 0.25) is 5.82 Å². The molecule has 1 saturated heterocycles. The molecule has 2 rings (SSSR count). The van der Waals surface area contributed by atoms with Crippen LogP contribution in [0.2, 0.25) is 0 Å². The molecule has 6 nitrogen and oxygen atoms in total. The van der Waals surface area contributed by atoms with Crippen molar-refractivity contribution < 1.29 is 14.4 Å². The molecule has 2 heterocycles. The van der Waals surface area contributed by atoms with Gasteiger partial charge in [0.05, 0.1) is 6.61 Å². The molecule has 0 aliphatic carbocycles. The van der Waals surface area contributed by atoms with E-state index in [0.717, 1.165) is 11.5 Å². The Bertz CT molecular complexity index is 314. The lowest BCUT2D eigenvalue weighted by molar-refractivity contribution is 0.0676. The molecule has 0 aromatic carbocycles. The minimum atomic E-state index is -0.887. The van der Waals surface area contributed by atoms with Crippen molar-refractivity contribution in [3.63, 3.8) is 0 Å². The van der Waals surface area contributed by atoms with Gasteiger partial charge in [-0.15, -0.1) is 0 Å². The second-order valence-corrected chi connectivity index (χ2v) is 4.33. The van der Waals surface area contributed by atoms with Gasteiger partial charge < -0.3 is 20.1 Å². The fraction of sp³-hybridized carbons (Fsp3) is 0.750. The van der Waals surface area contributed by atoms with Gasteiger partial charge in [0, 0.05) is 18.1 Å². The Labute approximate surface area is 91.2 Å². The van der Waals surface area contributed by atoms with E-state index in [9.17, 15) is 5.11 Å². The van der Waals surface area contributed by atoms with Crippen LogP contribution in [-0.4, -0.2) is 39.9 Å². The number of thioether (sulfide) groups is 1. The van der Waals surface area contributed by atoms with Crippen LogP contribution in [0.5, 0.6) is 0 Å². The summed E-state index contributed by atoms with van der Waals surface area (Å²) in [6.07, 6.45) is -1.02. The summed E-state index contributed by atoms with van der Waals surface area (Å²) in [4.78, 5) is 4.06. The van der Waals surface area contributed by atoms with Gasteiger partial charge in [-0.2, -0.15) is 16.7 Å². The molecule has 84 valence electrons. The number of aliphatic hydroxyl groups excluding tert-OH is 1. The molecule has 1 fully saturated rings. The highest BCUT2D eigenvalue weighted by Crippen LogP contribution is 2.25. The van der Waals surface area contributed by atoms with Crippen LogP contribution in [0.25, 0.3) is 0 Å². The van der Waals surface area contributed by atoms with Gasteiger partial charge >= 0.3 is 0 Å². The van der Waals surface area contributed by atoms with Crippen LogP contribution in [0.3, 0.4) is 0 Å². The van der Waals surface area contributed by atoms with Gasteiger partial charge in [-0.25, -0.2) is 0 Å². The molecule has 15 heavy (non-hydrogen) atoms. The predicted molar refractivity (Wildman–Crippen MR) is 54.3 cm³/mol. The second-order valence-electron chi connectivity index (χ2n) is 3.18. The van der Waals surface area contributed by atoms with Crippen molar-refractivity contribution in [1.29, 1.82) is 0 Å². The Morgan fingerprint density at radius 2 is 2.53 bits per heavy atom. The molecule has 1 unspecified atom stereocenters. The zero-order valence-corrected chi connectivity index (χ0v) is 8.94. The average Bonchev–Trinajstić information content (AvgIpc) is 2.78. The topological polar surface area (TPSA) is 94.4 Å².